The van der Waals surface area contributed by atoms with Gasteiger partial charge in [0.1, 0.15) is 5.82 Å². The van der Waals surface area contributed by atoms with Crippen LogP contribution in [0.1, 0.15) is 12.5 Å². The Kier molecular flexibility index (Phi) is 2.37. The van der Waals surface area contributed by atoms with E-state index in [1.807, 2.05) is 6.07 Å². The summed E-state index contributed by atoms with van der Waals surface area (Å²) in [4.78, 5) is 11.9. The summed E-state index contributed by atoms with van der Waals surface area (Å²) in [5.74, 6) is 0.899. The van der Waals surface area contributed by atoms with Crippen LogP contribution in [0.3, 0.4) is 0 Å². The van der Waals surface area contributed by atoms with Crippen LogP contribution in [-0.4, -0.2) is 15.0 Å². The standard InChI is InChI=1S/C14H13N3/c1-2-10-3-5-11(6-4-10)14-16-12-7-8-15-9-13(12)17-14/h3-9H,2H2,1H3,(H,16,17). The molecule has 0 bridgehead atoms. The minimum atomic E-state index is 0.899. The molecule has 3 heteroatoms. The maximum absolute atomic E-state index is 4.54. The number of aryl methyl sites for hydroxylation is 1. The highest BCUT2D eigenvalue weighted by Crippen LogP contribution is 2.20. The van der Waals surface area contributed by atoms with E-state index in [-0.39, 0.29) is 0 Å². The molecule has 0 aliphatic heterocycles. The molecule has 0 atom stereocenters. The van der Waals surface area contributed by atoms with Crippen LogP contribution in [0.25, 0.3) is 22.4 Å². The highest BCUT2D eigenvalue weighted by molar-refractivity contribution is 5.78. The van der Waals surface area contributed by atoms with E-state index in [2.05, 4.69) is 46.1 Å². The molecule has 3 nitrogen and oxygen atoms in total. The maximum Gasteiger partial charge on any atom is 0.138 e. The van der Waals surface area contributed by atoms with Crippen LogP contribution in [0.5, 0.6) is 0 Å². The number of nitrogens with one attached hydrogen (secondary N) is 1. The van der Waals surface area contributed by atoms with E-state index in [4.69, 9.17) is 0 Å². The summed E-state index contributed by atoms with van der Waals surface area (Å²) < 4.78 is 0. The highest BCUT2D eigenvalue weighted by Gasteiger charge is 2.04. The van der Waals surface area contributed by atoms with Crippen molar-refractivity contribution in [3.63, 3.8) is 0 Å². The molecular weight excluding hydrogens is 210 g/mol. The Morgan fingerprint density at radius 3 is 2.65 bits per heavy atom. The van der Waals surface area contributed by atoms with E-state index in [9.17, 15) is 0 Å². The van der Waals surface area contributed by atoms with Crippen molar-refractivity contribution in [2.75, 3.05) is 0 Å². The van der Waals surface area contributed by atoms with E-state index in [0.717, 1.165) is 28.8 Å². The second-order valence-corrected chi connectivity index (χ2v) is 4.03. The summed E-state index contributed by atoms with van der Waals surface area (Å²) in [6.07, 6.45) is 4.61. The summed E-state index contributed by atoms with van der Waals surface area (Å²) >= 11 is 0. The fourth-order valence-electron chi connectivity index (χ4n) is 1.89. The Labute approximate surface area is 99.5 Å². The van der Waals surface area contributed by atoms with Gasteiger partial charge in [-0.1, -0.05) is 31.2 Å². The lowest BCUT2D eigenvalue weighted by Crippen LogP contribution is -1.82. The van der Waals surface area contributed by atoms with Gasteiger partial charge in [-0.2, -0.15) is 0 Å². The Morgan fingerprint density at radius 2 is 1.94 bits per heavy atom. The Hall–Kier alpha value is -2.16. The van der Waals surface area contributed by atoms with Gasteiger partial charge in [-0.15, -0.1) is 0 Å². The first kappa shape index (κ1) is 10.0. The first-order valence-electron chi connectivity index (χ1n) is 5.76. The zero-order chi connectivity index (χ0) is 11.7. The van der Waals surface area contributed by atoms with Gasteiger partial charge in [0.2, 0.25) is 0 Å². The minimum Gasteiger partial charge on any atom is -0.337 e. The van der Waals surface area contributed by atoms with Crippen LogP contribution >= 0.6 is 0 Å². The molecule has 0 amide bonds. The Morgan fingerprint density at radius 1 is 1.12 bits per heavy atom. The summed E-state index contributed by atoms with van der Waals surface area (Å²) in [6, 6.07) is 10.4. The van der Waals surface area contributed by atoms with Gasteiger partial charge in [0.05, 0.1) is 17.2 Å². The van der Waals surface area contributed by atoms with Crippen molar-refractivity contribution in [2.45, 2.75) is 13.3 Å². The van der Waals surface area contributed by atoms with Gasteiger partial charge in [-0.05, 0) is 18.1 Å². The topological polar surface area (TPSA) is 41.6 Å². The van der Waals surface area contributed by atoms with Crippen LogP contribution in [0.15, 0.2) is 42.7 Å². The quantitative estimate of drug-likeness (QED) is 0.725. The van der Waals surface area contributed by atoms with Crippen molar-refractivity contribution in [1.82, 2.24) is 15.0 Å². The second kappa shape index (κ2) is 4.01. The third-order valence-corrected chi connectivity index (χ3v) is 2.92. The van der Waals surface area contributed by atoms with Gasteiger partial charge in [-0.25, -0.2) is 4.98 Å². The van der Waals surface area contributed by atoms with E-state index in [1.165, 1.54) is 5.56 Å². The average Bonchev–Trinajstić information content (AvgIpc) is 2.82. The van der Waals surface area contributed by atoms with Crippen LogP contribution in [-0.2, 0) is 6.42 Å². The van der Waals surface area contributed by atoms with Gasteiger partial charge in [0.15, 0.2) is 0 Å². The molecule has 3 rings (SSSR count). The summed E-state index contributed by atoms with van der Waals surface area (Å²) in [5.41, 5.74) is 4.38. The number of imidazole rings is 1. The van der Waals surface area contributed by atoms with Gasteiger partial charge >= 0.3 is 0 Å². The highest BCUT2D eigenvalue weighted by atomic mass is 14.9. The molecular formula is C14H13N3. The molecule has 17 heavy (non-hydrogen) atoms. The zero-order valence-electron chi connectivity index (χ0n) is 9.64. The number of hydrogen-bond acceptors (Lipinski definition) is 2. The van der Waals surface area contributed by atoms with E-state index < -0.39 is 0 Å². The van der Waals surface area contributed by atoms with Crippen LogP contribution in [0, 0.1) is 0 Å². The normalized spacial score (nSPS) is 10.9. The van der Waals surface area contributed by atoms with Crippen molar-refractivity contribution in [3.8, 4) is 11.4 Å². The summed E-state index contributed by atoms with van der Waals surface area (Å²) in [5, 5.41) is 0. The number of rotatable bonds is 2. The van der Waals surface area contributed by atoms with E-state index >= 15 is 0 Å². The lowest BCUT2D eigenvalue weighted by Gasteiger charge is -1.98. The first-order chi connectivity index (χ1) is 8.36. The lowest BCUT2D eigenvalue weighted by molar-refractivity contribution is 1.14. The molecule has 2 aromatic heterocycles. The molecule has 0 aliphatic carbocycles. The number of aromatic amines is 1. The number of aromatic nitrogens is 3. The summed E-state index contributed by atoms with van der Waals surface area (Å²) in [7, 11) is 0. The monoisotopic (exact) mass is 223 g/mol. The summed E-state index contributed by atoms with van der Waals surface area (Å²) in [6.45, 7) is 2.15. The van der Waals surface area contributed by atoms with Crippen molar-refractivity contribution >= 4 is 11.0 Å². The molecule has 0 aliphatic rings. The molecule has 0 unspecified atom stereocenters. The van der Waals surface area contributed by atoms with Crippen LogP contribution < -0.4 is 0 Å². The number of H-pyrrole nitrogens is 1. The molecule has 84 valence electrons. The van der Waals surface area contributed by atoms with E-state index in [1.54, 1.807) is 12.4 Å². The van der Waals surface area contributed by atoms with E-state index in [0.29, 0.717) is 0 Å². The number of nitrogens with zero attached hydrogens (tertiary/aromatic N) is 2. The Balaban J connectivity index is 2.07. The predicted molar refractivity (Wildman–Crippen MR) is 68.7 cm³/mol. The zero-order valence-corrected chi connectivity index (χ0v) is 9.64. The largest absolute Gasteiger partial charge is 0.337 e. The van der Waals surface area contributed by atoms with Crippen molar-refractivity contribution in [2.24, 2.45) is 0 Å². The molecule has 0 fully saturated rings. The first-order valence-corrected chi connectivity index (χ1v) is 5.76. The lowest BCUT2D eigenvalue weighted by atomic mass is 10.1. The van der Waals surface area contributed by atoms with Gasteiger partial charge in [0, 0.05) is 11.8 Å². The Bertz CT molecular complexity index is 605. The third kappa shape index (κ3) is 1.80. The molecule has 0 saturated carbocycles. The van der Waals surface area contributed by atoms with Crippen molar-refractivity contribution in [1.29, 1.82) is 0 Å². The number of hydrogen-bond donors (Lipinski definition) is 1. The third-order valence-electron chi connectivity index (χ3n) is 2.92. The van der Waals surface area contributed by atoms with Gasteiger partial charge in [-0.3, -0.25) is 4.98 Å². The van der Waals surface area contributed by atoms with Crippen LogP contribution in [0.4, 0.5) is 0 Å². The molecule has 0 saturated heterocycles. The number of pyridine rings is 1. The molecule has 0 spiro atoms. The smallest absolute Gasteiger partial charge is 0.138 e. The van der Waals surface area contributed by atoms with Gasteiger partial charge < -0.3 is 4.98 Å². The van der Waals surface area contributed by atoms with Gasteiger partial charge in [0.25, 0.3) is 0 Å². The van der Waals surface area contributed by atoms with Crippen molar-refractivity contribution < 1.29 is 0 Å². The molecule has 1 aromatic carbocycles. The SMILES string of the molecule is CCc1ccc(-c2nc3ccncc3[nH]2)cc1. The fourth-order valence-corrected chi connectivity index (χ4v) is 1.89. The predicted octanol–water partition coefficient (Wildman–Crippen LogP) is 3.19. The number of fused-ring (bicyclic) bond motifs is 1. The minimum absolute atomic E-state index is 0.899. The average molecular weight is 223 g/mol. The molecule has 3 aromatic rings. The fraction of sp³-hybridized carbons (Fsp3) is 0.143. The van der Waals surface area contributed by atoms with Crippen LogP contribution in [0.2, 0.25) is 0 Å². The molecule has 0 radical (unpaired) electrons. The van der Waals surface area contributed by atoms with Crippen molar-refractivity contribution in [3.05, 3.63) is 48.3 Å². The second-order valence-electron chi connectivity index (χ2n) is 4.03. The molecule has 2 heterocycles. The number of benzene rings is 1. The maximum atomic E-state index is 4.54. The molecule has 1 N–H and O–H groups in total.